The van der Waals surface area contributed by atoms with Crippen LogP contribution in [0.4, 0.5) is 0 Å². The molecule has 0 amide bonds. The van der Waals surface area contributed by atoms with Gasteiger partial charge in [-0.3, -0.25) is 9.59 Å². The third-order valence-electron chi connectivity index (χ3n) is 11.5. The van der Waals surface area contributed by atoms with Gasteiger partial charge in [-0.05, 0) is 97.7 Å². The molecule has 4 nitrogen and oxygen atoms in total. The van der Waals surface area contributed by atoms with Gasteiger partial charge in [0.05, 0.1) is 0 Å². The molecule has 0 aromatic rings. The number of hydrogen-bond donors (Lipinski definition) is 0. The van der Waals surface area contributed by atoms with E-state index in [-0.39, 0.29) is 29.6 Å². The van der Waals surface area contributed by atoms with Crippen LogP contribution in [0.3, 0.4) is 0 Å². The van der Waals surface area contributed by atoms with Crippen molar-refractivity contribution in [3.63, 3.8) is 0 Å². The zero-order chi connectivity index (χ0) is 25.5. The second-order valence-electron chi connectivity index (χ2n) is 13.9. The zero-order valence-electron chi connectivity index (χ0n) is 23.6. The van der Waals surface area contributed by atoms with Gasteiger partial charge in [0.2, 0.25) is 0 Å². The molecule has 4 fully saturated rings. The first kappa shape index (κ1) is 27.0. The van der Waals surface area contributed by atoms with Gasteiger partial charge in [0.25, 0.3) is 0 Å². The average molecular weight is 489 g/mol. The van der Waals surface area contributed by atoms with E-state index in [0.29, 0.717) is 17.3 Å². The number of rotatable bonds is 7. The van der Waals surface area contributed by atoms with Gasteiger partial charge in [0.1, 0.15) is 12.2 Å². The molecule has 4 heteroatoms. The SMILES string of the molecule is CC(=O)O[C@@H]1[C@H](OC(C)=O)CCC2(C)C3CCC4(C)C(CCC4[C@H](C)CCCC(C)C)C3CC[C@@H]12. The molecule has 0 saturated heterocycles. The van der Waals surface area contributed by atoms with E-state index < -0.39 is 0 Å². The Labute approximate surface area is 214 Å². The molecule has 200 valence electrons. The van der Waals surface area contributed by atoms with E-state index in [1.54, 1.807) is 0 Å². The van der Waals surface area contributed by atoms with Gasteiger partial charge in [-0.25, -0.2) is 0 Å². The lowest BCUT2D eigenvalue weighted by molar-refractivity contribution is -0.205. The summed E-state index contributed by atoms with van der Waals surface area (Å²) >= 11 is 0. The standard InChI is InChI=1S/C31H52O4/c1-19(2)9-8-10-20(3)24-13-14-25-23-11-12-27-29(35-22(5)33)28(34-21(4)32)16-18-31(27,7)26(23)15-17-30(24,25)6/h19-20,23-29H,8-18H2,1-7H3/t20-,23?,24?,25?,26?,27+,28-,29+,30?,31?/m1/s1. The minimum absolute atomic E-state index is 0.169. The van der Waals surface area contributed by atoms with Gasteiger partial charge < -0.3 is 9.47 Å². The van der Waals surface area contributed by atoms with Crippen LogP contribution in [-0.4, -0.2) is 24.1 Å². The normalized spacial score (nSPS) is 43.6. The highest BCUT2D eigenvalue weighted by molar-refractivity contribution is 5.67. The summed E-state index contributed by atoms with van der Waals surface area (Å²) in [6.07, 6.45) is 13.2. The highest BCUT2D eigenvalue weighted by atomic mass is 16.6. The summed E-state index contributed by atoms with van der Waals surface area (Å²) in [4.78, 5) is 23.8. The number of carbonyl (C=O) groups is 2. The largest absolute Gasteiger partial charge is 0.459 e. The second kappa shape index (κ2) is 10.4. The molecule has 0 aromatic carbocycles. The van der Waals surface area contributed by atoms with Crippen molar-refractivity contribution >= 4 is 11.9 Å². The van der Waals surface area contributed by atoms with Crippen molar-refractivity contribution in [2.75, 3.05) is 0 Å². The number of hydrogen-bond acceptors (Lipinski definition) is 4. The molecular weight excluding hydrogens is 436 g/mol. The number of ether oxygens (including phenoxy) is 2. The van der Waals surface area contributed by atoms with Crippen molar-refractivity contribution in [1.29, 1.82) is 0 Å². The van der Waals surface area contributed by atoms with E-state index >= 15 is 0 Å². The summed E-state index contributed by atoms with van der Waals surface area (Å²) in [5.41, 5.74) is 0.661. The van der Waals surface area contributed by atoms with E-state index in [0.717, 1.165) is 48.9 Å². The summed E-state index contributed by atoms with van der Waals surface area (Å²) in [7, 11) is 0. The van der Waals surface area contributed by atoms with Crippen LogP contribution in [0.1, 0.15) is 119 Å². The molecule has 6 unspecified atom stereocenters. The van der Waals surface area contributed by atoms with Crippen LogP contribution in [0, 0.1) is 52.3 Å². The minimum atomic E-state index is -0.290. The lowest BCUT2D eigenvalue weighted by atomic mass is 9.44. The van der Waals surface area contributed by atoms with Crippen LogP contribution in [0.5, 0.6) is 0 Å². The third-order valence-corrected chi connectivity index (χ3v) is 11.5. The van der Waals surface area contributed by atoms with E-state index in [2.05, 4.69) is 34.6 Å². The highest BCUT2D eigenvalue weighted by Crippen LogP contribution is 2.68. The Morgan fingerprint density at radius 3 is 2.06 bits per heavy atom. The molecular formula is C31H52O4. The predicted molar refractivity (Wildman–Crippen MR) is 140 cm³/mol. The number of carbonyl (C=O) groups excluding carboxylic acids is 2. The van der Waals surface area contributed by atoms with Crippen molar-refractivity contribution < 1.29 is 19.1 Å². The maximum absolute atomic E-state index is 12.0. The second-order valence-corrected chi connectivity index (χ2v) is 13.9. The fraction of sp³-hybridized carbons (Fsp3) is 0.935. The summed E-state index contributed by atoms with van der Waals surface area (Å²) in [5.74, 6) is 4.64. The molecule has 4 saturated carbocycles. The number of fused-ring (bicyclic) bond motifs is 5. The summed E-state index contributed by atoms with van der Waals surface area (Å²) in [6.45, 7) is 15.3. The summed E-state index contributed by atoms with van der Waals surface area (Å²) in [5, 5.41) is 0. The van der Waals surface area contributed by atoms with Gasteiger partial charge in [0, 0.05) is 19.8 Å². The maximum atomic E-state index is 12.0. The molecule has 4 aliphatic carbocycles. The van der Waals surface area contributed by atoms with Gasteiger partial charge in [0.15, 0.2) is 0 Å². The summed E-state index contributed by atoms with van der Waals surface area (Å²) < 4.78 is 11.6. The minimum Gasteiger partial charge on any atom is -0.459 e. The molecule has 35 heavy (non-hydrogen) atoms. The van der Waals surface area contributed by atoms with Gasteiger partial charge in [-0.2, -0.15) is 0 Å². The molecule has 10 atom stereocenters. The smallest absolute Gasteiger partial charge is 0.303 e. The van der Waals surface area contributed by atoms with Gasteiger partial charge >= 0.3 is 11.9 Å². The lowest BCUT2D eigenvalue weighted by Crippen LogP contribution is -2.59. The Hall–Kier alpha value is -1.06. The van der Waals surface area contributed by atoms with Crippen molar-refractivity contribution in [3.05, 3.63) is 0 Å². The fourth-order valence-electron chi connectivity index (χ4n) is 9.99. The Balaban J connectivity index is 1.50. The Morgan fingerprint density at radius 1 is 0.771 bits per heavy atom. The molecule has 0 heterocycles. The van der Waals surface area contributed by atoms with Crippen LogP contribution in [0.25, 0.3) is 0 Å². The van der Waals surface area contributed by atoms with Gasteiger partial charge in [-0.1, -0.05) is 53.9 Å². The van der Waals surface area contributed by atoms with Crippen molar-refractivity contribution in [1.82, 2.24) is 0 Å². The van der Waals surface area contributed by atoms with Crippen LogP contribution in [0.15, 0.2) is 0 Å². The fourth-order valence-corrected chi connectivity index (χ4v) is 9.99. The molecule has 0 aromatic heterocycles. The first-order valence-electron chi connectivity index (χ1n) is 14.8. The van der Waals surface area contributed by atoms with Crippen LogP contribution in [-0.2, 0) is 19.1 Å². The Bertz CT molecular complexity index is 776. The quantitative estimate of drug-likeness (QED) is 0.347. The van der Waals surface area contributed by atoms with E-state index in [1.807, 2.05) is 0 Å². The molecule has 4 rings (SSSR count). The van der Waals surface area contributed by atoms with Crippen molar-refractivity contribution in [2.24, 2.45) is 52.3 Å². The van der Waals surface area contributed by atoms with Gasteiger partial charge in [-0.15, -0.1) is 0 Å². The molecule has 4 aliphatic rings. The van der Waals surface area contributed by atoms with E-state index in [4.69, 9.17) is 9.47 Å². The monoisotopic (exact) mass is 488 g/mol. The molecule has 0 aliphatic heterocycles. The van der Waals surface area contributed by atoms with E-state index in [1.165, 1.54) is 65.2 Å². The number of esters is 2. The predicted octanol–water partition coefficient (Wildman–Crippen LogP) is 7.58. The average Bonchev–Trinajstić information content (AvgIpc) is 3.12. The Kier molecular flexibility index (Phi) is 7.99. The van der Waals surface area contributed by atoms with Crippen LogP contribution in [0.2, 0.25) is 0 Å². The molecule has 0 radical (unpaired) electrons. The topological polar surface area (TPSA) is 52.6 Å². The third kappa shape index (κ3) is 5.06. The van der Waals surface area contributed by atoms with Crippen molar-refractivity contribution in [2.45, 2.75) is 131 Å². The lowest BCUT2D eigenvalue weighted by Gasteiger charge is -2.62. The molecule has 0 N–H and O–H groups in total. The zero-order valence-corrected chi connectivity index (χ0v) is 23.6. The van der Waals surface area contributed by atoms with Crippen LogP contribution >= 0.6 is 0 Å². The molecule has 0 bridgehead atoms. The Morgan fingerprint density at radius 2 is 1.40 bits per heavy atom. The first-order valence-corrected chi connectivity index (χ1v) is 14.8. The van der Waals surface area contributed by atoms with Crippen LogP contribution < -0.4 is 0 Å². The first-order chi connectivity index (χ1) is 16.5. The van der Waals surface area contributed by atoms with Crippen molar-refractivity contribution in [3.8, 4) is 0 Å². The molecule has 0 spiro atoms. The summed E-state index contributed by atoms with van der Waals surface area (Å²) in [6, 6.07) is 0. The highest BCUT2D eigenvalue weighted by Gasteiger charge is 2.63. The maximum Gasteiger partial charge on any atom is 0.303 e. The van der Waals surface area contributed by atoms with E-state index in [9.17, 15) is 9.59 Å².